The fourth-order valence-electron chi connectivity index (χ4n) is 1.29. The van der Waals surface area contributed by atoms with Crippen molar-refractivity contribution in [1.29, 1.82) is 0 Å². The van der Waals surface area contributed by atoms with Crippen molar-refractivity contribution in [3.05, 3.63) is 39.3 Å². The van der Waals surface area contributed by atoms with E-state index in [0.29, 0.717) is 3.95 Å². The van der Waals surface area contributed by atoms with E-state index in [0.717, 1.165) is 23.5 Å². The summed E-state index contributed by atoms with van der Waals surface area (Å²) in [5, 5.41) is 8.70. The smallest absolute Gasteiger partial charge is 0.296 e. The second-order valence-electron chi connectivity index (χ2n) is 3.45. The van der Waals surface area contributed by atoms with Gasteiger partial charge in [-0.25, -0.2) is 0 Å². The van der Waals surface area contributed by atoms with Crippen LogP contribution in [-0.2, 0) is 6.18 Å². The zero-order chi connectivity index (χ0) is 14.0. The molecule has 0 aliphatic heterocycles. The number of aromatic nitrogens is 2. The fraction of sp³-hybridized carbons (Fsp3) is 0.100. The van der Waals surface area contributed by atoms with Gasteiger partial charge >= 0.3 is 6.18 Å². The molecule has 1 amide bonds. The first-order valence-electron chi connectivity index (χ1n) is 4.90. The van der Waals surface area contributed by atoms with Crippen molar-refractivity contribution in [2.75, 3.05) is 5.32 Å². The summed E-state index contributed by atoms with van der Waals surface area (Å²) < 4.78 is 37.9. The molecule has 2 rings (SSSR count). The minimum Gasteiger partial charge on any atom is -0.296 e. The summed E-state index contributed by atoms with van der Waals surface area (Å²) in [5.41, 5.74) is -0.981. The van der Waals surface area contributed by atoms with Crippen molar-refractivity contribution in [1.82, 2.24) is 10.2 Å². The summed E-state index contributed by atoms with van der Waals surface area (Å²) in [6, 6.07) is 4.14. The first-order valence-corrected chi connectivity index (χ1v) is 6.13. The Balaban J connectivity index is 2.22. The number of rotatable bonds is 2. The lowest BCUT2D eigenvalue weighted by Gasteiger charge is -2.08. The molecule has 2 N–H and O–H groups in total. The summed E-state index contributed by atoms with van der Waals surface area (Å²) in [4.78, 5) is 11.7. The number of halogens is 3. The third kappa shape index (κ3) is 3.38. The van der Waals surface area contributed by atoms with Crippen LogP contribution in [0.1, 0.15) is 15.9 Å². The van der Waals surface area contributed by atoms with Crippen LogP contribution in [0.2, 0.25) is 0 Å². The van der Waals surface area contributed by atoms with Gasteiger partial charge in [0.2, 0.25) is 5.13 Å². The molecule has 2 aromatic rings. The third-order valence-corrected chi connectivity index (χ3v) is 3.12. The van der Waals surface area contributed by atoms with Gasteiger partial charge in [-0.15, -0.1) is 5.10 Å². The Morgan fingerprint density at radius 2 is 2.16 bits per heavy atom. The second-order valence-corrected chi connectivity index (χ2v) is 5.12. The maximum absolute atomic E-state index is 12.5. The average Bonchev–Trinajstić information content (AvgIpc) is 2.74. The topological polar surface area (TPSA) is 57.8 Å². The van der Waals surface area contributed by atoms with Crippen LogP contribution in [0.25, 0.3) is 0 Å². The van der Waals surface area contributed by atoms with E-state index < -0.39 is 17.6 Å². The van der Waals surface area contributed by atoms with E-state index in [1.807, 2.05) is 0 Å². The monoisotopic (exact) mass is 305 g/mol. The van der Waals surface area contributed by atoms with Gasteiger partial charge in [0.05, 0.1) is 5.56 Å². The Morgan fingerprint density at radius 1 is 1.42 bits per heavy atom. The number of nitrogens with one attached hydrogen (secondary N) is 2. The molecule has 100 valence electrons. The molecule has 0 unspecified atom stereocenters. The number of anilines is 1. The molecule has 0 fully saturated rings. The first kappa shape index (κ1) is 13.7. The van der Waals surface area contributed by atoms with Crippen molar-refractivity contribution in [2.45, 2.75) is 6.18 Å². The van der Waals surface area contributed by atoms with Crippen LogP contribution in [0, 0.1) is 3.95 Å². The first-order chi connectivity index (χ1) is 8.86. The zero-order valence-electron chi connectivity index (χ0n) is 9.12. The molecular weight excluding hydrogens is 299 g/mol. The van der Waals surface area contributed by atoms with E-state index in [1.165, 1.54) is 12.1 Å². The minimum atomic E-state index is -4.49. The van der Waals surface area contributed by atoms with Crippen LogP contribution in [0.4, 0.5) is 18.3 Å². The maximum Gasteiger partial charge on any atom is 0.416 e. The van der Waals surface area contributed by atoms with E-state index in [9.17, 15) is 18.0 Å². The van der Waals surface area contributed by atoms with Gasteiger partial charge < -0.3 is 0 Å². The van der Waals surface area contributed by atoms with E-state index in [1.54, 1.807) is 0 Å². The number of alkyl halides is 3. The average molecular weight is 305 g/mol. The number of benzene rings is 1. The lowest BCUT2D eigenvalue weighted by atomic mass is 10.1. The largest absolute Gasteiger partial charge is 0.416 e. The summed E-state index contributed by atoms with van der Waals surface area (Å²) in [6.07, 6.45) is -4.49. The van der Waals surface area contributed by atoms with Crippen LogP contribution in [0.15, 0.2) is 24.3 Å². The molecule has 1 aromatic heterocycles. The summed E-state index contributed by atoms with van der Waals surface area (Å²) in [5.74, 6) is -0.677. The highest BCUT2D eigenvalue weighted by atomic mass is 32.1. The molecule has 0 spiro atoms. The quantitative estimate of drug-likeness (QED) is 0.835. The molecule has 0 aliphatic carbocycles. The van der Waals surface area contributed by atoms with Crippen LogP contribution < -0.4 is 5.32 Å². The number of nitrogens with zero attached hydrogens (tertiary/aromatic N) is 1. The highest BCUT2D eigenvalue weighted by Gasteiger charge is 2.30. The maximum atomic E-state index is 12.5. The summed E-state index contributed by atoms with van der Waals surface area (Å²) in [7, 11) is 0. The van der Waals surface area contributed by atoms with Gasteiger partial charge in [0.15, 0.2) is 3.95 Å². The Morgan fingerprint density at radius 3 is 2.74 bits per heavy atom. The molecule has 0 atom stereocenters. The van der Waals surface area contributed by atoms with Crippen LogP contribution in [0.3, 0.4) is 0 Å². The van der Waals surface area contributed by atoms with Gasteiger partial charge in [-0.2, -0.15) is 13.2 Å². The number of H-pyrrole nitrogens is 1. The fourth-order valence-corrected chi connectivity index (χ4v) is 2.07. The Hall–Kier alpha value is -1.74. The molecule has 0 saturated carbocycles. The van der Waals surface area contributed by atoms with Crippen LogP contribution in [0.5, 0.6) is 0 Å². The molecule has 0 saturated heterocycles. The van der Waals surface area contributed by atoms with Crippen molar-refractivity contribution in [3.63, 3.8) is 0 Å². The van der Waals surface area contributed by atoms with E-state index in [2.05, 4.69) is 15.5 Å². The summed E-state index contributed by atoms with van der Waals surface area (Å²) >= 11 is 5.79. The number of hydrogen-bond donors (Lipinski definition) is 2. The van der Waals surface area contributed by atoms with E-state index in [-0.39, 0.29) is 10.7 Å². The van der Waals surface area contributed by atoms with Crippen molar-refractivity contribution in [2.24, 2.45) is 0 Å². The van der Waals surface area contributed by atoms with Gasteiger partial charge in [0.1, 0.15) is 0 Å². The summed E-state index contributed by atoms with van der Waals surface area (Å²) in [6.45, 7) is 0. The number of hydrogen-bond acceptors (Lipinski definition) is 4. The van der Waals surface area contributed by atoms with Crippen LogP contribution in [-0.4, -0.2) is 16.1 Å². The standard InChI is InChI=1S/C10H6F3N3OS2/c11-10(12,13)6-3-1-2-5(4-6)7(17)14-8-15-16-9(18)19-8/h1-4H,(H,16,18)(H,14,15,17). The zero-order valence-corrected chi connectivity index (χ0v) is 10.7. The van der Waals surface area contributed by atoms with Gasteiger partial charge in [0.25, 0.3) is 5.91 Å². The number of aromatic amines is 1. The predicted molar refractivity (Wildman–Crippen MR) is 66.7 cm³/mol. The molecule has 1 heterocycles. The molecule has 0 radical (unpaired) electrons. The number of carbonyl (C=O) groups excluding carboxylic acids is 1. The van der Waals surface area contributed by atoms with Gasteiger partial charge in [-0.05, 0) is 30.4 Å². The second kappa shape index (κ2) is 5.10. The number of carbonyl (C=O) groups is 1. The van der Waals surface area contributed by atoms with Crippen molar-refractivity contribution in [3.8, 4) is 0 Å². The molecule has 1 aromatic carbocycles. The van der Waals surface area contributed by atoms with E-state index in [4.69, 9.17) is 12.2 Å². The number of amides is 1. The Kier molecular flexibility index (Phi) is 3.67. The van der Waals surface area contributed by atoms with E-state index >= 15 is 0 Å². The molecule has 19 heavy (non-hydrogen) atoms. The minimum absolute atomic E-state index is 0.101. The SMILES string of the molecule is O=C(Nc1n[nH]c(=S)s1)c1cccc(C(F)(F)F)c1. The molecular formula is C10H6F3N3OS2. The Bertz CT molecular complexity index is 662. The van der Waals surface area contributed by atoms with Gasteiger partial charge in [-0.3, -0.25) is 15.2 Å². The highest BCUT2D eigenvalue weighted by molar-refractivity contribution is 7.73. The van der Waals surface area contributed by atoms with Crippen LogP contribution >= 0.6 is 23.6 Å². The predicted octanol–water partition coefficient (Wildman–Crippen LogP) is 3.47. The van der Waals surface area contributed by atoms with Gasteiger partial charge in [0, 0.05) is 5.56 Å². The third-order valence-electron chi connectivity index (χ3n) is 2.11. The lowest BCUT2D eigenvalue weighted by molar-refractivity contribution is -0.137. The molecule has 0 bridgehead atoms. The lowest BCUT2D eigenvalue weighted by Crippen LogP contribution is -2.13. The van der Waals surface area contributed by atoms with Gasteiger partial charge in [-0.1, -0.05) is 17.4 Å². The highest BCUT2D eigenvalue weighted by Crippen LogP contribution is 2.29. The van der Waals surface area contributed by atoms with Crippen molar-refractivity contribution >= 4 is 34.6 Å². The molecule has 4 nitrogen and oxygen atoms in total. The van der Waals surface area contributed by atoms with Crippen molar-refractivity contribution < 1.29 is 18.0 Å². The Labute approximate surface area is 114 Å². The molecule has 0 aliphatic rings. The molecule has 9 heteroatoms. The normalized spacial score (nSPS) is 11.3.